The van der Waals surface area contributed by atoms with Gasteiger partial charge in [0.1, 0.15) is 0 Å². The summed E-state index contributed by atoms with van der Waals surface area (Å²) in [6.07, 6.45) is 4.93. The highest BCUT2D eigenvalue weighted by molar-refractivity contribution is 6.21. The summed E-state index contributed by atoms with van der Waals surface area (Å²) in [6.45, 7) is 7.36. The van der Waals surface area contributed by atoms with Gasteiger partial charge in [-0.2, -0.15) is 0 Å². The Kier molecular flexibility index (Phi) is 6.83. The Labute approximate surface area is 167 Å². The molecule has 1 unspecified atom stereocenters. The SMILES string of the molecule is CC(C)CC(CNC(=O)CCN1C(=O)c2ccccc2C1=O)N1CCCCC1. The van der Waals surface area contributed by atoms with Gasteiger partial charge in [-0.05, 0) is 50.4 Å². The minimum atomic E-state index is -0.306. The molecule has 1 fully saturated rings. The predicted octanol–water partition coefficient (Wildman–Crippen LogP) is 2.69. The molecular formula is C22H31N3O3. The highest BCUT2D eigenvalue weighted by Gasteiger charge is 2.35. The van der Waals surface area contributed by atoms with Crippen LogP contribution in [0.4, 0.5) is 0 Å². The average Bonchev–Trinajstić information content (AvgIpc) is 2.94. The summed E-state index contributed by atoms with van der Waals surface area (Å²) in [5.41, 5.74) is 0.852. The second kappa shape index (κ2) is 9.32. The summed E-state index contributed by atoms with van der Waals surface area (Å²) in [5.74, 6) is -0.150. The van der Waals surface area contributed by atoms with Crippen LogP contribution in [0.15, 0.2) is 24.3 Å². The number of imide groups is 1. The number of hydrogen-bond acceptors (Lipinski definition) is 4. The van der Waals surface area contributed by atoms with Gasteiger partial charge in [0.2, 0.25) is 5.91 Å². The lowest BCUT2D eigenvalue weighted by Crippen LogP contribution is -2.47. The fourth-order valence-electron chi connectivity index (χ4n) is 4.16. The van der Waals surface area contributed by atoms with Crippen molar-refractivity contribution in [2.24, 2.45) is 5.92 Å². The van der Waals surface area contributed by atoms with E-state index in [9.17, 15) is 14.4 Å². The van der Waals surface area contributed by atoms with Crippen molar-refractivity contribution in [1.82, 2.24) is 15.1 Å². The van der Waals surface area contributed by atoms with Gasteiger partial charge in [-0.3, -0.25) is 24.2 Å². The van der Waals surface area contributed by atoms with Crippen molar-refractivity contribution in [3.63, 3.8) is 0 Å². The first kappa shape index (κ1) is 20.5. The van der Waals surface area contributed by atoms with E-state index in [1.165, 1.54) is 24.2 Å². The number of piperidine rings is 1. The van der Waals surface area contributed by atoms with Crippen molar-refractivity contribution in [3.05, 3.63) is 35.4 Å². The van der Waals surface area contributed by atoms with E-state index in [0.29, 0.717) is 29.6 Å². The average molecular weight is 386 g/mol. The van der Waals surface area contributed by atoms with Gasteiger partial charge < -0.3 is 5.32 Å². The zero-order valence-electron chi connectivity index (χ0n) is 16.9. The van der Waals surface area contributed by atoms with Crippen LogP contribution in [0.2, 0.25) is 0 Å². The van der Waals surface area contributed by atoms with Crippen LogP contribution in [0.25, 0.3) is 0 Å². The molecule has 0 aromatic heterocycles. The topological polar surface area (TPSA) is 69.7 Å². The molecular weight excluding hydrogens is 354 g/mol. The number of likely N-dealkylation sites (tertiary alicyclic amines) is 1. The summed E-state index contributed by atoms with van der Waals surface area (Å²) in [6, 6.07) is 7.16. The van der Waals surface area contributed by atoms with Gasteiger partial charge in [-0.15, -0.1) is 0 Å². The molecule has 0 spiro atoms. The second-order valence-electron chi connectivity index (χ2n) is 8.24. The van der Waals surface area contributed by atoms with E-state index in [-0.39, 0.29) is 30.7 Å². The van der Waals surface area contributed by atoms with Gasteiger partial charge in [0.15, 0.2) is 0 Å². The maximum absolute atomic E-state index is 12.4. The first-order valence-corrected chi connectivity index (χ1v) is 10.4. The number of carbonyl (C=O) groups excluding carboxylic acids is 3. The summed E-state index contributed by atoms with van der Waals surface area (Å²) in [7, 11) is 0. The first-order chi connectivity index (χ1) is 13.5. The zero-order valence-corrected chi connectivity index (χ0v) is 16.9. The Hall–Kier alpha value is -2.21. The lowest BCUT2D eigenvalue weighted by Gasteiger charge is -2.35. The van der Waals surface area contributed by atoms with Crippen LogP contribution in [0.5, 0.6) is 0 Å². The standard InChI is InChI=1S/C22H31N3O3/c1-16(2)14-17(24-11-6-3-7-12-24)15-23-20(26)10-13-25-21(27)18-8-4-5-9-19(18)22(25)28/h4-5,8-9,16-17H,3,6-7,10-15H2,1-2H3,(H,23,26). The minimum Gasteiger partial charge on any atom is -0.354 e. The molecule has 2 heterocycles. The summed E-state index contributed by atoms with van der Waals surface area (Å²) < 4.78 is 0. The number of nitrogens with one attached hydrogen (secondary N) is 1. The van der Waals surface area contributed by atoms with E-state index in [0.717, 1.165) is 19.5 Å². The zero-order chi connectivity index (χ0) is 20.1. The van der Waals surface area contributed by atoms with E-state index in [1.807, 2.05) is 0 Å². The molecule has 0 radical (unpaired) electrons. The maximum Gasteiger partial charge on any atom is 0.261 e. The normalized spacial score (nSPS) is 18.5. The molecule has 1 N–H and O–H groups in total. The molecule has 152 valence electrons. The molecule has 1 aromatic rings. The number of fused-ring (bicyclic) bond motifs is 1. The number of benzene rings is 1. The Morgan fingerprint density at radius 1 is 1.04 bits per heavy atom. The van der Waals surface area contributed by atoms with Gasteiger partial charge in [0, 0.05) is 25.6 Å². The van der Waals surface area contributed by atoms with Crippen molar-refractivity contribution in [3.8, 4) is 0 Å². The van der Waals surface area contributed by atoms with Crippen molar-refractivity contribution in [2.45, 2.75) is 52.0 Å². The van der Waals surface area contributed by atoms with Crippen LogP contribution in [0.1, 0.15) is 66.7 Å². The van der Waals surface area contributed by atoms with Crippen LogP contribution in [0, 0.1) is 5.92 Å². The molecule has 2 aliphatic heterocycles. The smallest absolute Gasteiger partial charge is 0.261 e. The molecule has 3 rings (SSSR count). The van der Waals surface area contributed by atoms with Crippen molar-refractivity contribution in [1.29, 1.82) is 0 Å². The third-order valence-electron chi connectivity index (χ3n) is 5.63. The molecule has 2 aliphatic rings. The Balaban J connectivity index is 1.49. The molecule has 6 heteroatoms. The van der Waals surface area contributed by atoms with E-state index >= 15 is 0 Å². The van der Waals surface area contributed by atoms with E-state index in [1.54, 1.807) is 24.3 Å². The molecule has 28 heavy (non-hydrogen) atoms. The molecule has 0 bridgehead atoms. The quantitative estimate of drug-likeness (QED) is 0.699. The molecule has 1 atom stereocenters. The van der Waals surface area contributed by atoms with E-state index in [4.69, 9.17) is 0 Å². The lowest BCUT2D eigenvalue weighted by atomic mass is 9.99. The summed E-state index contributed by atoms with van der Waals surface area (Å²) in [5, 5.41) is 3.03. The van der Waals surface area contributed by atoms with Crippen LogP contribution in [-0.4, -0.2) is 59.7 Å². The number of hydrogen-bond donors (Lipinski definition) is 1. The maximum atomic E-state index is 12.4. The number of nitrogens with zero attached hydrogens (tertiary/aromatic N) is 2. The second-order valence-corrected chi connectivity index (χ2v) is 8.24. The van der Waals surface area contributed by atoms with Gasteiger partial charge in [-0.25, -0.2) is 0 Å². The van der Waals surface area contributed by atoms with Crippen LogP contribution >= 0.6 is 0 Å². The number of amides is 3. The fourth-order valence-corrected chi connectivity index (χ4v) is 4.16. The molecule has 6 nitrogen and oxygen atoms in total. The van der Waals surface area contributed by atoms with Crippen LogP contribution < -0.4 is 5.32 Å². The number of rotatable bonds is 8. The highest BCUT2D eigenvalue weighted by atomic mass is 16.2. The molecule has 0 aliphatic carbocycles. The third kappa shape index (κ3) is 4.79. The lowest BCUT2D eigenvalue weighted by molar-refractivity contribution is -0.121. The minimum absolute atomic E-state index is 0.109. The molecule has 1 saturated heterocycles. The first-order valence-electron chi connectivity index (χ1n) is 10.4. The summed E-state index contributed by atoms with van der Waals surface area (Å²) in [4.78, 5) is 40.8. The van der Waals surface area contributed by atoms with E-state index in [2.05, 4.69) is 24.1 Å². The third-order valence-corrected chi connectivity index (χ3v) is 5.63. The predicted molar refractivity (Wildman–Crippen MR) is 108 cm³/mol. The van der Waals surface area contributed by atoms with Gasteiger partial charge >= 0.3 is 0 Å². The Morgan fingerprint density at radius 2 is 1.64 bits per heavy atom. The Morgan fingerprint density at radius 3 is 2.21 bits per heavy atom. The highest BCUT2D eigenvalue weighted by Crippen LogP contribution is 2.22. The van der Waals surface area contributed by atoms with Gasteiger partial charge in [-0.1, -0.05) is 32.4 Å². The molecule has 3 amide bonds. The van der Waals surface area contributed by atoms with Crippen molar-refractivity contribution >= 4 is 17.7 Å². The number of carbonyl (C=O) groups is 3. The van der Waals surface area contributed by atoms with Crippen molar-refractivity contribution < 1.29 is 14.4 Å². The largest absolute Gasteiger partial charge is 0.354 e. The molecule has 0 saturated carbocycles. The fraction of sp³-hybridized carbons (Fsp3) is 0.591. The van der Waals surface area contributed by atoms with E-state index < -0.39 is 0 Å². The van der Waals surface area contributed by atoms with Crippen LogP contribution in [-0.2, 0) is 4.79 Å². The monoisotopic (exact) mass is 385 g/mol. The Bertz CT molecular complexity index is 690. The van der Waals surface area contributed by atoms with Crippen LogP contribution in [0.3, 0.4) is 0 Å². The van der Waals surface area contributed by atoms with Gasteiger partial charge in [0.05, 0.1) is 11.1 Å². The van der Waals surface area contributed by atoms with Crippen molar-refractivity contribution in [2.75, 3.05) is 26.2 Å². The molecule has 1 aromatic carbocycles. The summed E-state index contributed by atoms with van der Waals surface area (Å²) >= 11 is 0. The van der Waals surface area contributed by atoms with Gasteiger partial charge in [0.25, 0.3) is 11.8 Å².